The molecule has 5 heteroatoms. The van der Waals surface area contributed by atoms with Gasteiger partial charge in [-0.2, -0.15) is 15.7 Å². The van der Waals surface area contributed by atoms with E-state index in [1.165, 1.54) is 17.1 Å². The van der Waals surface area contributed by atoms with Crippen LogP contribution < -0.4 is 5.32 Å². The summed E-state index contributed by atoms with van der Waals surface area (Å²) in [5.74, 6) is 1.41. The molecule has 1 N–H and O–H groups in total. The Morgan fingerprint density at radius 1 is 1.39 bits per heavy atom. The van der Waals surface area contributed by atoms with E-state index in [0.29, 0.717) is 5.92 Å². The zero-order valence-electron chi connectivity index (χ0n) is 11.2. The lowest BCUT2D eigenvalue weighted by atomic mass is 9.96. The van der Waals surface area contributed by atoms with Crippen LogP contribution in [-0.4, -0.2) is 15.9 Å². The average Bonchev–Trinajstić information content (AvgIpc) is 2.96. The van der Waals surface area contributed by atoms with E-state index in [4.69, 9.17) is 0 Å². The van der Waals surface area contributed by atoms with E-state index < -0.39 is 0 Å². The molecule has 18 heavy (non-hydrogen) atoms. The Balaban J connectivity index is 1.93. The van der Waals surface area contributed by atoms with Gasteiger partial charge in [-0.3, -0.25) is 0 Å². The Hall–Kier alpha value is -0.940. The summed E-state index contributed by atoms with van der Waals surface area (Å²) in [4.78, 5) is 4.53. The zero-order chi connectivity index (χ0) is 13.2. The minimum Gasteiger partial charge on any atom is -0.360 e. The van der Waals surface area contributed by atoms with E-state index in [2.05, 4.69) is 59.2 Å². The number of hydrogen-bond acceptors (Lipinski definition) is 5. The van der Waals surface area contributed by atoms with Crippen LogP contribution in [0.25, 0.3) is 0 Å². The Kier molecular flexibility index (Phi) is 4.02. The lowest BCUT2D eigenvalue weighted by molar-refractivity contribution is 0.555. The second-order valence-electron chi connectivity index (χ2n) is 5.51. The molecule has 0 aliphatic carbocycles. The van der Waals surface area contributed by atoms with Gasteiger partial charge in [0.15, 0.2) is 0 Å². The molecule has 0 aromatic carbocycles. The van der Waals surface area contributed by atoms with Crippen LogP contribution in [0.15, 0.2) is 16.8 Å². The molecule has 0 fully saturated rings. The lowest BCUT2D eigenvalue weighted by Crippen LogP contribution is -2.14. The molecular weight excluding hydrogens is 262 g/mol. The third-order valence-corrected chi connectivity index (χ3v) is 4.14. The van der Waals surface area contributed by atoms with E-state index in [9.17, 15) is 0 Å². The summed E-state index contributed by atoms with van der Waals surface area (Å²) in [5, 5.41) is 8.61. The van der Waals surface area contributed by atoms with Crippen molar-refractivity contribution >= 4 is 28.0 Å². The van der Waals surface area contributed by atoms with Gasteiger partial charge in [0.2, 0.25) is 5.13 Å². The van der Waals surface area contributed by atoms with Crippen LogP contribution >= 0.6 is 22.9 Å². The fourth-order valence-electron chi connectivity index (χ4n) is 1.51. The number of aromatic nitrogens is 2. The maximum Gasteiger partial charge on any atom is 0.202 e. The number of nitrogens with zero attached hydrogens (tertiary/aromatic N) is 2. The van der Waals surface area contributed by atoms with Crippen molar-refractivity contribution in [3.63, 3.8) is 0 Å². The molecule has 0 bridgehead atoms. The van der Waals surface area contributed by atoms with Crippen molar-refractivity contribution < 1.29 is 0 Å². The number of anilines is 1. The van der Waals surface area contributed by atoms with Gasteiger partial charge >= 0.3 is 0 Å². The predicted octanol–water partition coefficient (Wildman–Crippen LogP) is 4.11. The van der Waals surface area contributed by atoms with Gasteiger partial charge in [0.1, 0.15) is 5.82 Å². The summed E-state index contributed by atoms with van der Waals surface area (Å²) in [6, 6.07) is 2.18. The number of thiophene rings is 1. The predicted molar refractivity (Wildman–Crippen MR) is 79.8 cm³/mol. The molecule has 0 spiro atoms. The van der Waals surface area contributed by atoms with E-state index in [1.54, 1.807) is 11.3 Å². The third kappa shape index (κ3) is 3.29. The van der Waals surface area contributed by atoms with Crippen molar-refractivity contribution in [1.29, 1.82) is 0 Å². The number of rotatable bonds is 4. The summed E-state index contributed by atoms with van der Waals surface area (Å²) < 4.78 is 4.40. The van der Waals surface area contributed by atoms with Gasteiger partial charge in [-0.1, -0.05) is 27.7 Å². The van der Waals surface area contributed by atoms with Gasteiger partial charge < -0.3 is 5.32 Å². The fourth-order valence-corrected chi connectivity index (χ4v) is 3.06. The summed E-state index contributed by atoms with van der Waals surface area (Å²) in [6.45, 7) is 9.52. The normalized spacial score (nSPS) is 13.6. The molecule has 2 aromatic rings. The van der Waals surface area contributed by atoms with Crippen LogP contribution in [0.2, 0.25) is 0 Å². The minimum atomic E-state index is 0.0232. The first-order valence-electron chi connectivity index (χ1n) is 6.07. The molecule has 0 amide bonds. The van der Waals surface area contributed by atoms with Crippen LogP contribution in [0.3, 0.4) is 0 Å². The Bertz CT molecular complexity index is 483. The first kappa shape index (κ1) is 13.5. The van der Waals surface area contributed by atoms with Gasteiger partial charge in [0, 0.05) is 23.5 Å². The van der Waals surface area contributed by atoms with E-state index in [1.807, 2.05) is 0 Å². The average molecular weight is 281 g/mol. The number of hydrogen-bond donors (Lipinski definition) is 1. The standard InChI is InChI=1S/C13H19N3S2/c1-9(10-5-6-17-8-10)7-14-12-15-11(16-18-12)13(2,3)4/h5-6,8-9H,7H2,1-4H3,(H,14,15,16). The van der Waals surface area contributed by atoms with Crippen molar-refractivity contribution in [2.45, 2.75) is 39.0 Å². The van der Waals surface area contributed by atoms with Crippen molar-refractivity contribution in [3.05, 3.63) is 28.2 Å². The molecule has 98 valence electrons. The Labute approximate surface area is 116 Å². The molecule has 2 aromatic heterocycles. The van der Waals surface area contributed by atoms with Crippen LogP contribution in [0, 0.1) is 0 Å². The van der Waals surface area contributed by atoms with Gasteiger partial charge in [0.05, 0.1) is 0 Å². The summed E-state index contributed by atoms with van der Waals surface area (Å²) in [7, 11) is 0. The van der Waals surface area contributed by atoms with E-state index >= 15 is 0 Å². The highest BCUT2D eigenvalue weighted by atomic mass is 32.1. The van der Waals surface area contributed by atoms with Crippen LogP contribution in [0.1, 0.15) is 45.0 Å². The van der Waals surface area contributed by atoms with Crippen molar-refractivity contribution in [2.24, 2.45) is 0 Å². The van der Waals surface area contributed by atoms with Gasteiger partial charge in [-0.05, 0) is 28.3 Å². The van der Waals surface area contributed by atoms with Crippen LogP contribution in [-0.2, 0) is 5.41 Å². The largest absolute Gasteiger partial charge is 0.360 e. The fraction of sp³-hybridized carbons (Fsp3) is 0.538. The molecule has 0 saturated carbocycles. The summed E-state index contributed by atoms with van der Waals surface area (Å²) >= 11 is 3.19. The molecule has 1 atom stereocenters. The molecule has 0 aliphatic rings. The lowest BCUT2D eigenvalue weighted by Gasteiger charge is -2.12. The molecular formula is C13H19N3S2. The molecule has 1 unspecified atom stereocenters. The van der Waals surface area contributed by atoms with E-state index in [-0.39, 0.29) is 5.41 Å². The van der Waals surface area contributed by atoms with Gasteiger partial charge in [0.25, 0.3) is 0 Å². The van der Waals surface area contributed by atoms with Crippen LogP contribution in [0.5, 0.6) is 0 Å². The highest BCUT2D eigenvalue weighted by molar-refractivity contribution is 7.09. The van der Waals surface area contributed by atoms with Crippen molar-refractivity contribution in [3.8, 4) is 0 Å². The minimum absolute atomic E-state index is 0.0232. The topological polar surface area (TPSA) is 37.8 Å². The van der Waals surface area contributed by atoms with E-state index in [0.717, 1.165) is 17.5 Å². The first-order chi connectivity index (χ1) is 8.47. The summed E-state index contributed by atoms with van der Waals surface area (Å²) in [6.07, 6.45) is 0. The molecule has 3 nitrogen and oxygen atoms in total. The summed E-state index contributed by atoms with van der Waals surface area (Å²) in [5.41, 5.74) is 1.41. The van der Waals surface area contributed by atoms with Crippen molar-refractivity contribution in [1.82, 2.24) is 9.36 Å². The maximum absolute atomic E-state index is 4.53. The molecule has 0 saturated heterocycles. The highest BCUT2D eigenvalue weighted by Gasteiger charge is 2.19. The maximum atomic E-state index is 4.53. The quantitative estimate of drug-likeness (QED) is 0.916. The SMILES string of the molecule is CC(CNc1nc(C(C)(C)C)ns1)c1ccsc1. The molecule has 2 rings (SSSR count). The van der Waals surface area contributed by atoms with Gasteiger partial charge in [-0.15, -0.1) is 0 Å². The third-order valence-electron chi connectivity index (χ3n) is 2.77. The smallest absolute Gasteiger partial charge is 0.202 e. The van der Waals surface area contributed by atoms with Gasteiger partial charge in [-0.25, -0.2) is 4.98 Å². The molecule has 0 radical (unpaired) electrons. The second kappa shape index (κ2) is 5.36. The molecule has 2 heterocycles. The zero-order valence-corrected chi connectivity index (χ0v) is 12.9. The Morgan fingerprint density at radius 3 is 2.72 bits per heavy atom. The Morgan fingerprint density at radius 2 is 2.17 bits per heavy atom. The number of nitrogens with one attached hydrogen (secondary N) is 1. The molecule has 0 aliphatic heterocycles. The second-order valence-corrected chi connectivity index (χ2v) is 7.04. The van der Waals surface area contributed by atoms with Crippen molar-refractivity contribution in [2.75, 3.05) is 11.9 Å². The first-order valence-corrected chi connectivity index (χ1v) is 7.78. The van der Waals surface area contributed by atoms with Crippen LogP contribution in [0.4, 0.5) is 5.13 Å². The highest BCUT2D eigenvalue weighted by Crippen LogP contribution is 2.24. The monoisotopic (exact) mass is 281 g/mol.